The van der Waals surface area contributed by atoms with E-state index in [0.717, 1.165) is 0 Å². The first kappa shape index (κ1) is 29.4. The van der Waals surface area contributed by atoms with Crippen LogP contribution in [0.15, 0.2) is 0 Å². The maximum absolute atomic E-state index is 12.9. The number of aliphatic hydroxyl groups excluding tert-OH is 3. The van der Waals surface area contributed by atoms with Crippen molar-refractivity contribution in [3.63, 3.8) is 0 Å². The molecule has 0 radical (unpaired) electrons. The molecule has 1 fully saturated rings. The molecule has 0 bridgehead atoms. The van der Waals surface area contributed by atoms with Crippen molar-refractivity contribution in [2.24, 2.45) is 17.6 Å². The third kappa shape index (κ3) is 7.72. The summed E-state index contributed by atoms with van der Waals surface area (Å²) in [7, 11) is 0. The van der Waals surface area contributed by atoms with E-state index in [9.17, 15) is 39.3 Å². The Morgan fingerprint density at radius 2 is 1.32 bits per heavy atom. The Balaban J connectivity index is 3.00. The molecule has 1 saturated heterocycles. The number of hydrogen-bond acceptors (Lipinski definition) is 9. The second-order valence-electron chi connectivity index (χ2n) is 9.07. The minimum Gasteiger partial charge on any atom is -0.393 e. The summed E-state index contributed by atoms with van der Waals surface area (Å²) in [4.78, 5) is 61.8. The molecular weight excluding hydrogens is 452 g/mol. The number of primary amides is 1. The Kier molecular flexibility index (Phi) is 10.6. The van der Waals surface area contributed by atoms with Crippen LogP contribution >= 0.6 is 0 Å². The van der Waals surface area contributed by atoms with E-state index in [2.05, 4.69) is 16.0 Å². The van der Waals surface area contributed by atoms with E-state index in [0.29, 0.717) is 0 Å². The minimum atomic E-state index is -1.56. The Bertz CT molecular complexity index is 780. The van der Waals surface area contributed by atoms with Gasteiger partial charge in [0.05, 0.1) is 31.5 Å². The first-order chi connectivity index (χ1) is 15.7. The fourth-order valence-electron chi connectivity index (χ4n) is 3.14. The number of nitrogens with one attached hydrogen (secondary N) is 3. The molecule has 7 unspecified atom stereocenters. The monoisotopic (exact) mass is 488 g/mol. The molecule has 1 aliphatic heterocycles. The van der Waals surface area contributed by atoms with Crippen molar-refractivity contribution in [1.29, 1.82) is 0 Å². The van der Waals surface area contributed by atoms with Gasteiger partial charge >= 0.3 is 0 Å². The summed E-state index contributed by atoms with van der Waals surface area (Å²) in [6, 6.07) is -4.16. The molecule has 13 heteroatoms. The second kappa shape index (κ2) is 12.2. The summed E-state index contributed by atoms with van der Waals surface area (Å²) >= 11 is 0. The van der Waals surface area contributed by atoms with Crippen LogP contribution in [-0.2, 0) is 28.7 Å². The van der Waals surface area contributed by atoms with Gasteiger partial charge in [-0.3, -0.25) is 24.0 Å². The Morgan fingerprint density at radius 1 is 0.882 bits per heavy atom. The third-order valence-electron chi connectivity index (χ3n) is 5.48. The SMILES string of the molecule is CC(C)CC(NC(=O)C(NC(=O)C(NC(=O)C(C)C(N)=O)C(C)O)C(C)O)C(=O)C1(CO)CO1. The molecule has 8 N–H and O–H groups in total. The highest BCUT2D eigenvalue weighted by atomic mass is 16.6. The number of amides is 4. The molecule has 0 spiro atoms. The molecule has 4 amide bonds. The lowest BCUT2D eigenvalue weighted by Gasteiger charge is -2.28. The largest absolute Gasteiger partial charge is 0.393 e. The topological polar surface area (TPSA) is 221 Å². The average Bonchev–Trinajstić information content (AvgIpc) is 3.54. The molecule has 0 aromatic carbocycles. The van der Waals surface area contributed by atoms with Gasteiger partial charge in [0, 0.05) is 0 Å². The maximum Gasteiger partial charge on any atom is 0.245 e. The van der Waals surface area contributed by atoms with E-state index in [1.165, 1.54) is 20.8 Å². The predicted molar refractivity (Wildman–Crippen MR) is 118 cm³/mol. The highest BCUT2D eigenvalue weighted by Crippen LogP contribution is 2.30. The van der Waals surface area contributed by atoms with Gasteiger partial charge in [-0.15, -0.1) is 0 Å². The molecule has 0 saturated carbocycles. The van der Waals surface area contributed by atoms with Crippen LogP contribution in [0.4, 0.5) is 0 Å². The standard InChI is InChI=1S/C21H36N4O9/c1-9(2)6-13(16(29)21(7-26)8-34-21)23-19(32)14(11(4)27)25-20(33)15(12(5)28)24-18(31)10(3)17(22)30/h9-15,26-28H,6-8H2,1-5H3,(H2,22,30)(H,23,32)(H,24,31)(H,25,33). The molecule has 0 aromatic heterocycles. The maximum atomic E-state index is 12.9. The smallest absolute Gasteiger partial charge is 0.245 e. The number of hydrogen-bond donors (Lipinski definition) is 7. The van der Waals surface area contributed by atoms with Gasteiger partial charge < -0.3 is 41.7 Å². The number of rotatable bonds is 14. The first-order valence-electron chi connectivity index (χ1n) is 11.0. The summed E-state index contributed by atoms with van der Waals surface area (Å²) in [5.74, 6) is -5.58. The number of Topliss-reactive ketones (excluding diaryl/α,β-unsaturated/α-hetero) is 1. The quantitative estimate of drug-likeness (QED) is 0.0959. The molecule has 0 aliphatic carbocycles. The summed E-state index contributed by atoms with van der Waals surface area (Å²) in [5.41, 5.74) is 3.69. The second-order valence-corrected chi connectivity index (χ2v) is 9.07. The van der Waals surface area contributed by atoms with Crippen LogP contribution in [0, 0.1) is 11.8 Å². The number of nitrogens with two attached hydrogens (primary N) is 1. The van der Waals surface area contributed by atoms with E-state index in [1.54, 1.807) is 0 Å². The number of ether oxygens (including phenoxy) is 1. The van der Waals surface area contributed by atoms with Crippen molar-refractivity contribution in [1.82, 2.24) is 16.0 Å². The van der Waals surface area contributed by atoms with Crippen molar-refractivity contribution >= 4 is 29.4 Å². The van der Waals surface area contributed by atoms with E-state index >= 15 is 0 Å². The van der Waals surface area contributed by atoms with Gasteiger partial charge in [0.1, 0.15) is 18.0 Å². The van der Waals surface area contributed by atoms with Crippen molar-refractivity contribution in [3.8, 4) is 0 Å². The van der Waals surface area contributed by atoms with Gasteiger partial charge in [-0.2, -0.15) is 0 Å². The number of carbonyl (C=O) groups is 5. The fourth-order valence-corrected chi connectivity index (χ4v) is 3.14. The zero-order valence-corrected chi connectivity index (χ0v) is 20.0. The van der Waals surface area contributed by atoms with Gasteiger partial charge in [0.15, 0.2) is 11.4 Å². The Morgan fingerprint density at radius 3 is 1.68 bits per heavy atom. The number of carbonyl (C=O) groups excluding carboxylic acids is 5. The van der Waals surface area contributed by atoms with Gasteiger partial charge in [0.2, 0.25) is 23.6 Å². The number of ketones is 1. The van der Waals surface area contributed by atoms with Crippen LogP contribution in [0.25, 0.3) is 0 Å². The Hall–Kier alpha value is -2.61. The van der Waals surface area contributed by atoms with E-state index in [1.807, 2.05) is 13.8 Å². The lowest BCUT2D eigenvalue weighted by molar-refractivity contribution is -0.139. The Labute approximate surface area is 197 Å². The van der Waals surface area contributed by atoms with Crippen LogP contribution in [0.2, 0.25) is 0 Å². The van der Waals surface area contributed by atoms with Gasteiger partial charge in [-0.1, -0.05) is 13.8 Å². The zero-order chi connectivity index (χ0) is 26.4. The molecule has 34 heavy (non-hydrogen) atoms. The number of aliphatic hydroxyl groups is 3. The molecule has 0 aromatic rings. The molecule has 1 rings (SSSR count). The molecule has 1 aliphatic rings. The zero-order valence-electron chi connectivity index (χ0n) is 20.0. The molecule has 1 heterocycles. The van der Waals surface area contributed by atoms with Crippen molar-refractivity contribution in [2.45, 2.75) is 77.0 Å². The van der Waals surface area contributed by atoms with Crippen LogP contribution in [0.3, 0.4) is 0 Å². The van der Waals surface area contributed by atoms with Gasteiger partial charge in [0.25, 0.3) is 0 Å². The highest BCUT2D eigenvalue weighted by Gasteiger charge is 2.54. The third-order valence-corrected chi connectivity index (χ3v) is 5.48. The van der Waals surface area contributed by atoms with Crippen LogP contribution in [-0.4, -0.2) is 93.9 Å². The van der Waals surface area contributed by atoms with E-state index in [4.69, 9.17) is 10.5 Å². The lowest BCUT2D eigenvalue weighted by Crippen LogP contribution is -2.62. The summed E-state index contributed by atoms with van der Waals surface area (Å²) in [5, 5.41) is 36.5. The highest BCUT2D eigenvalue weighted by molar-refractivity contribution is 6.02. The summed E-state index contributed by atoms with van der Waals surface area (Å²) in [6.07, 6.45) is -2.63. The van der Waals surface area contributed by atoms with Crippen molar-refractivity contribution < 1.29 is 44.0 Å². The van der Waals surface area contributed by atoms with E-state index in [-0.39, 0.29) is 18.9 Å². The molecule has 194 valence electrons. The summed E-state index contributed by atoms with van der Waals surface area (Å²) < 4.78 is 5.08. The molecule has 13 nitrogen and oxygen atoms in total. The van der Waals surface area contributed by atoms with Crippen molar-refractivity contribution in [2.75, 3.05) is 13.2 Å². The van der Waals surface area contributed by atoms with Crippen LogP contribution in [0.5, 0.6) is 0 Å². The molecular formula is C21H36N4O9. The normalized spacial score (nSPS) is 22.5. The van der Waals surface area contributed by atoms with E-state index < -0.39 is 77.9 Å². The lowest BCUT2D eigenvalue weighted by atomic mass is 9.92. The minimum absolute atomic E-state index is 0.0167. The summed E-state index contributed by atoms with van der Waals surface area (Å²) in [6.45, 7) is 6.77. The van der Waals surface area contributed by atoms with Crippen LogP contribution in [0.1, 0.15) is 41.0 Å². The number of epoxide rings is 1. The molecule has 7 atom stereocenters. The predicted octanol–water partition coefficient (Wildman–Crippen LogP) is -3.30. The van der Waals surface area contributed by atoms with Crippen molar-refractivity contribution in [3.05, 3.63) is 0 Å². The van der Waals surface area contributed by atoms with Crippen LogP contribution < -0.4 is 21.7 Å². The van der Waals surface area contributed by atoms with Gasteiger partial charge in [-0.25, -0.2) is 0 Å². The van der Waals surface area contributed by atoms with Gasteiger partial charge in [-0.05, 0) is 33.1 Å². The fraction of sp³-hybridized carbons (Fsp3) is 0.762. The average molecular weight is 489 g/mol. The first-order valence-corrected chi connectivity index (χ1v) is 11.0.